The van der Waals surface area contributed by atoms with Crippen LogP contribution >= 0.6 is 23.1 Å². The van der Waals surface area contributed by atoms with E-state index < -0.39 is 0 Å². The topological polar surface area (TPSA) is 8.17 Å². The summed E-state index contributed by atoms with van der Waals surface area (Å²) in [7, 11) is 0. The highest BCUT2D eigenvalue weighted by Crippen LogP contribution is 2.53. The van der Waals surface area contributed by atoms with Gasteiger partial charge in [0.15, 0.2) is 0 Å². The summed E-state index contributed by atoms with van der Waals surface area (Å²) >= 11 is 3.76. The van der Waals surface area contributed by atoms with E-state index in [9.17, 15) is 0 Å². The van der Waals surface area contributed by atoms with Crippen LogP contribution in [-0.2, 0) is 0 Å². The average molecular weight is 823 g/mol. The van der Waals surface area contributed by atoms with Crippen molar-refractivity contribution in [2.24, 2.45) is 0 Å². The Morgan fingerprint density at radius 1 is 0.323 bits per heavy atom. The van der Waals surface area contributed by atoms with Gasteiger partial charge in [-0.2, -0.15) is 0 Å². The van der Waals surface area contributed by atoms with Gasteiger partial charge in [-0.05, 0) is 117 Å². The lowest BCUT2D eigenvalue weighted by molar-refractivity contribution is 1.17. The van der Waals surface area contributed by atoms with Crippen molar-refractivity contribution in [3.63, 3.8) is 0 Å². The van der Waals surface area contributed by atoms with Gasteiger partial charge in [-0.3, -0.25) is 0 Å². The lowest BCUT2D eigenvalue weighted by Gasteiger charge is -2.33. The third-order valence-corrected chi connectivity index (χ3v) is 15.3. The van der Waals surface area contributed by atoms with Crippen LogP contribution < -0.4 is 4.90 Å². The number of anilines is 3. The van der Waals surface area contributed by atoms with Gasteiger partial charge in [0.25, 0.3) is 0 Å². The first-order chi connectivity index (χ1) is 30.7. The Labute approximate surface area is 365 Å². The molecule has 0 saturated carbocycles. The van der Waals surface area contributed by atoms with E-state index in [1.165, 1.54) is 123 Å². The van der Waals surface area contributed by atoms with Crippen LogP contribution in [0.2, 0.25) is 0 Å². The number of benzene rings is 11. The largest absolute Gasteiger partial charge is 0.309 e. The predicted molar refractivity (Wildman–Crippen MR) is 267 cm³/mol. The van der Waals surface area contributed by atoms with E-state index >= 15 is 0 Å². The smallest absolute Gasteiger partial charge is 0.0602 e. The predicted octanol–water partition coefficient (Wildman–Crippen LogP) is 17.3. The Morgan fingerprint density at radius 3 is 1.97 bits per heavy atom. The molecule has 62 heavy (non-hydrogen) atoms. The lowest BCUT2D eigenvalue weighted by atomic mass is 9.90. The van der Waals surface area contributed by atoms with Gasteiger partial charge in [0.1, 0.15) is 0 Å². The van der Waals surface area contributed by atoms with E-state index in [0.29, 0.717) is 0 Å². The van der Waals surface area contributed by atoms with Crippen LogP contribution in [0.15, 0.2) is 216 Å². The van der Waals surface area contributed by atoms with Crippen molar-refractivity contribution in [3.8, 4) is 27.9 Å². The highest BCUT2D eigenvalue weighted by molar-refractivity contribution is 7.99. The minimum atomic E-state index is 1.15. The van der Waals surface area contributed by atoms with Crippen molar-refractivity contribution < 1.29 is 0 Å². The van der Waals surface area contributed by atoms with Crippen molar-refractivity contribution >= 4 is 114 Å². The second-order valence-corrected chi connectivity index (χ2v) is 18.6. The molecule has 288 valence electrons. The Balaban J connectivity index is 0.971. The minimum absolute atomic E-state index is 1.15. The molecule has 0 saturated heterocycles. The molecule has 14 rings (SSSR count). The van der Waals surface area contributed by atoms with E-state index in [0.717, 1.165) is 5.69 Å². The third-order valence-electron chi connectivity index (χ3n) is 13.1. The number of thiophene rings is 1. The van der Waals surface area contributed by atoms with Gasteiger partial charge in [0.2, 0.25) is 0 Å². The fourth-order valence-electron chi connectivity index (χ4n) is 10.4. The normalized spacial score (nSPS) is 12.7. The molecular formula is C58H34N2S2. The molecule has 0 N–H and O–H groups in total. The Bertz CT molecular complexity index is 3970. The molecule has 4 heteroatoms. The highest BCUT2D eigenvalue weighted by Gasteiger charge is 2.26. The molecule has 1 aliphatic heterocycles. The van der Waals surface area contributed by atoms with Crippen molar-refractivity contribution in [1.29, 1.82) is 0 Å². The van der Waals surface area contributed by atoms with Crippen molar-refractivity contribution in [1.82, 2.24) is 4.57 Å². The molecule has 0 spiro atoms. The number of nitrogens with zero attached hydrogens (tertiary/aromatic N) is 2. The second kappa shape index (κ2) is 13.1. The molecule has 11 aromatic carbocycles. The molecule has 0 radical (unpaired) electrons. The van der Waals surface area contributed by atoms with Crippen LogP contribution in [0.25, 0.3) is 102 Å². The maximum Gasteiger partial charge on any atom is 0.0602 e. The molecule has 0 unspecified atom stereocenters. The monoisotopic (exact) mass is 822 g/mol. The molecule has 0 bridgehead atoms. The molecule has 0 amide bonds. The Kier molecular flexibility index (Phi) is 7.24. The summed E-state index contributed by atoms with van der Waals surface area (Å²) in [5.74, 6) is 0. The summed E-state index contributed by atoms with van der Waals surface area (Å²) in [6.45, 7) is 0. The fourth-order valence-corrected chi connectivity index (χ4v) is 12.6. The van der Waals surface area contributed by atoms with Gasteiger partial charge in [-0.1, -0.05) is 145 Å². The molecule has 13 aromatic rings. The number of hydrogen-bond acceptors (Lipinski definition) is 3. The molecule has 1 aliphatic rings. The van der Waals surface area contributed by atoms with Crippen molar-refractivity contribution in [3.05, 3.63) is 206 Å². The summed E-state index contributed by atoms with van der Waals surface area (Å²) in [6, 6.07) is 76.7. The molecule has 0 atom stereocenters. The van der Waals surface area contributed by atoms with Crippen LogP contribution in [0.1, 0.15) is 0 Å². The maximum atomic E-state index is 2.55. The van der Waals surface area contributed by atoms with Gasteiger partial charge >= 0.3 is 0 Å². The molecule has 0 aliphatic carbocycles. The van der Waals surface area contributed by atoms with Crippen LogP contribution in [0.4, 0.5) is 17.1 Å². The highest BCUT2D eigenvalue weighted by atomic mass is 32.2. The number of aromatic nitrogens is 1. The number of fused-ring (bicyclic) bond motifs is 9. The Morgan fingerprint density at radius 2 is 1.02 bits per heavy atom. The second-order valence-electron chi connectivity index (χ2n) is 16.5. The number of rotatable bonds is 4. The van der Waals surface area contributed by atoms with E-state index in [1.807, 2.05) is 23.1 Å². The van der Waals surface area contributed by atoms with E-state index in [-0.39, 0.29) is 0 Å². The standard InChI is InChI=1S/C58H34N2S2/c1-2-12-35(13-3-1)37-15-11-17-42(30-37)59-48-21-7-9-23-52(48)62-53-33-39(27-29-49(53)59)38-26-28-47-45(31-38)43-18-4-6-20-46(43)60(47)50-32-40-16-10-14-36-24-25-41-34-54-57(58(50)56(41)55(36)40)44-19-5-8-22-51(44)61-54/h1-34H. The minimum Gasteiger partial charge on any atom is -0.309 e. The SMILES string of the molecule is c1ccc(-c2cccc(N3c4ccccc4Sc4cc(-c5ccc6c(c5)c5ccccc5n6-c5cc6cccc7ccc8cc9sc%10ccccc%10c9c5c8c76)ccc43)c2)cc1. The lowest BCUT2D eigenvalue weighted by Crippen LogP contribution is -2.14. The molecule has 0 fully saturated rings. The van der Waals surface area contributed by atoms with Gasteiger partial charge in [0, 0.05) is 57.2 Å². The van der Waals surface area contributed by atoms with Crippen LogP contribution in [0.5, 0.6) is 0 Å². The van der Waals surface area contributed by atoms with Gasteiger partial charge in [-0.15, -0.1) is 11.3 Å². The maximum absolute atomic E-state index is 2.55. The summed E-state index contributed by atoms with van der Waals surface area (Å²) in [6.07, 6.45) is 0. The van der Waals surface area contributed by atoms with Gasteiger partial charge in [-0.25, -0.2) is 0 Å². The summed E-state index contributed by atoms with van der Waals surface area (Å²) in [5, 5.41) is 13.1. The average Bonchev–Trinajstić information content (AvgIpc) is 3.87. The Hall–Kier alpha value is -7.37. The molecule has 3 heterocycles. The first-order valence-corrected chi connectivity index (χ1v) is 22.8. The number of hydrogen-bond donors (Lipinski definition) is 0. The summed E-state index contributed by atoms with van der Waals surface area (Å²) in [4.78, 5) is 4.93. The zero-order valence-corrected chi connectivity index (χ0v) is 35.0. The van der Waals surface area contributed by atoms with Crippen LogP contribution in [0, 0.1) is 0 Å². The molecule has 2 nitrogen and oxygen atoms in total. The van der Waals surface area contributed by atoms with E-state index in [4.69, 9.17) is 0 Å². The van der Waals surface area contributed by atoms with E-state index in [1.54, 1.807) is 0 Å². The zero-order chi connectivity index (χ0) is 40.5. The van der Waals surface area contributed by atoms with E-state index in [2.05, 4.69) is 216 Å². The summed E-state index contributed by atoms with van der Waals surface area (Å²) in [5.41, 5.74) is 12.1. The van der Waals surface area contributed by atoms with Crippen molar-refractivity contribution in [2.75, 3.05) is 4.90 Å². The van der Waals surface area contributed by atoms with Gasteiger partial charge in [0.05, 0.1) is 28.1 Å². The van der Waals surface area contributed by atoms with Crippen LogP contribution in [0.3, 0.4) is 0 Å². The quantitative estimate of drug-likeness (QED) is 0.163. The van der Waals surface area contributed by atoms with Gasteiger partial charge < -0.3 is 9.47 Å². The zero-order valence-electron chi connectivity index (χ0n) is 33.3. The van der Waals surface area contributed by atoms with Crippen molar-refractivity contribution in [2.45, 2.75) is 9.79 Å². The summed E-state index contributed by atoms with van der Waals surface area (Å²) < 4.78 is 5.20. The molecule has 2 aromatic heterocycles. The first kappa shape index (κ1) is 34.4. The third kappa shape index (κ3) is 4.93. The molecular weight excluding hydrogens is 789 g/mol. The van der Waals surface area contributed by atoms with Crippen LogP contribution in [-0.4, -0.2) is 4.57 Å². The number of para-hydroxylation sites is 2. The first-order valence-electron chi connectivity index (χ1n) is 21.2. The fraction of sp³-hybridized carbons (Fsp3) is 0.